The molecule has 4 atom stereocenters. The number of amides is 1. The van der Waals surface area contributed by atoms with Crippen molar-refractivity contribution in [3.8, 4) is 23.3 Å². The molecule has 0 saturated carbocycles. The van der Waals surface area contributed by atoms with Crippen LogP contribution in [-0.4, -0.2) is 60.8 Å². The van der Waals surface area contributed by atoms with Crippen LogP contribution in [0.4, 0.5) is 5.69 Å². The summed E-state index contributed by atoms with van der Waals surface area (Å²) in [5.74, 6) is 5.13. The number of carboxylic acids is 1. The van der Waals surface area contributed by atoms with Crippen molar-refractivity contribution < 1.29 is 38.8 Å². The van der Waals surface area contributed by atoms with E-state index in [1.54, 1.807) is 43.5 Å². The Kier molecular flexibility index (Phi) is 14.0. The van der Waals surface area contributed by atoms with Gasteiger partial charge in [0.25, 0.3) is 6.47 Å². The maximum atomic E-state index is 13.5. The fourth-order valence-corrected chi connectivity index (χ4v) is 6.42. The quantitative estimate of drug-likeness (QED) is 0.0650. The number of anilines is 1. The topological polar surface area (TPSA) is 135 Å². The summed E-state index contributed by atoms with van der Waals surface area (Å²) in [6.07, 6.45) is -0.347. The van der Waals surface area contributed by atoms with E-state index in [0.717, 1.165) is 16.7 Å². The number of aliphatic hydroxyl groups excluding tert-OH is 1. The number of carbonyl (C=O) groups is 3. The second kappa shape index (κ2) is 19.4. The maximum Gasteiger partial charge on any atom is 0.312 e. The van der Waals surface area contributed by atoms with Gasteiger partial charge in [-0.05, 0) is 83.8 Å². The van der Waals surface area contributed by atoms with Gasteiger partial charge in [0.2, 0.25) is 6.41 Å². The molecule has 0 heterocycles. The molecule has 0 aliphatic heterocycles. The van der Waals surface area contributed by atoms with E-state index in [1.165, 1.54) is 0 Å². The normalized spacial score (nSPS) is 13.0. The van der Waals surface area contributed by atoms with E-state index in [9.17, 15) is 24.6 Å². The predicted molar refractivity (Wildman–Crippen MR) is 205 cm³/mol. The van der Waals surface area contributed by atoms with Gasteiger partial charge in [-0.1, -0.05) is 84.6 Å². The highest BCUT2D eigenvalue weighted by Gasteiger charge is 2.38. The Morgan fingerprint density at radius 1 is 0.796 bits per heavy atom. The summed E-state index contributed by atoms with van der Waals surface area (Å²) in [6.45, 7) is 2.20. The average molecular weight is 727 g/mol. The number of benzene rings is 5. The maximum absolute atomic E-state index is 13.5. The highest BCUT2D eigenvalue weighted by Crippen LogP contribution is 2.43. The van der Waals surface area contributed by atoms with Crippen LogP contribution in [-0.2, 0) is 19.1 Å². The summed E-state index contributed by atoms with van der Waals surface area (Å²) in [5, 5.41) is 23.1. The van der Waals surface area contributed by atoms with Gasteiger partial charge in [-0.2, -0.15) is 0 Å². The van der Waals surface area contributed by atoms with Gasteiger partial charge < -0.3 is 29.7 Å². The van der Waals surface area contributed by atoms with E-state index in [4.69, 9.17) is 14.2 Å². The van der Waals surface area contributed by atoms with Crippen molar-refractivity contribution in [3.63, 3.8) is 0 Å². The van der Waals surface area contributed by atoms with Gasteiger partial charge in [-0.25, -0.2) is 0 Å². The number of nitrogens with one attached hydrogen (secondary N) is 1. The Balaban J connectivity index is 1.67. The van der Waals surface area contributed by atoms with Crippen LogP contribution in [0.3, 0.4) is 0 Å². The van der Waals surface area contributed by atoms with Crippen LogP contribution in [0.25, 0.3) is 0 Å². The van der Waals surface area contributed by atoms with Crippen LogP contribution in [0.2, 0.25) is 0 Å². The number of hydrogen-bond donors (Lipinski definition) is 3. The van der Waals surface area contributed by atoms with Crippen molar-refractivity contribution in [1.29, 1.82) is 0 Å². The number of rotatable bonds is 18. The Labute approximate surface area is 314 Å². The monoisotopic (exact) mass is 726 g/mol. The number of hydrogen-bond acceptors (Lipinski definition) is 8. The Hall–Kier alpha value is -6.41. The van der Waals surface area contributed by atoms with Crippen molar-refractivity contribution in [3.05, 3.63) is 161 Å². The van der Waals surface area contributed by atoms with E-state index in [0.29, 0.717) is 46.8 Å². The van der Waals surface area contributed by atoms with Gasteiger partial charge in [-0.3, -0.25) is 19.3 Å². The first-order valence-electron chi connectivity index (χ1n) is 17.4. The van der Waals surface area contributed by atoms with Crippen LogP contribution in [0.1, 0.15) is 64.4 Å². The lowest BCUT2D eigenvalue weighted by atomic mass is 9.88. The second-order valence-corrected chi connectivity index (χ2v) is 12.4. The lowest BCUT2D eigenvalue weighted by Gasteiger charge is -2.42. The van der Waals surface area contributed by atoms with Gasteiger partial charge in [0.05, 0.1) is 25.7 Å². The van der Waals surface area contributed by atoms with Gasteiger partial charge in [0.15, 0.2) is 0 Å². The lowest BCUT2D eigenvalue weighted by Crippen LogP contribution is -2.40. The summed E-state index contributed by atoms with van der Waals surface area (Å²) in [7, 11) is 1.59. The number of aliphatic hydroxyl groups is 1. The number of methoxy groups -OCH3 is 1. The van der Waals surface area contributed by atoms with E-state index in [-0.39, 0.29) is 19.8 Å². The zero-order valence-electron chi connectivity index (χ0n) is 30.0. The Morgan fingerprint density at radius 3 is 2.07 bits per heavy atom. The van der Waals surface area contributed by atoms with Crippen LogP contribution < -0.4 is 14.8 Å². The molecule has 0 radical (unpaired) electrons. The molecule has 10 heteroatoms. The summed E-state index contributed by atoms with van der Waals surface area (Å²) in [6, 6.07) is 37.2. The molecule has 0 aliphatic rings. The Morgan fingerprint density at radius 2 is 1.44 bits per heavy atom. The molecule has 276 valence electrons. The van der Waals surface area contributed by atoms with E-state index < -0.39 is 30.1 Å². The number of nitrogens with zero attached hydrogens (tertiary/aromatic N) is 1. The second-order valence-electron chi connectivity index (χ2n) is 12.4. The van der Waals surface area contributed by atoms with Gasteiger partial charge >= 0.3 is 5.97 Å². The number of carboxylic acid groups (broad SMARTS) is 1. The number of aliphatic carboxylic acids is 1. The minimum atomic E-state index is -1.20. The molecule has 0 spiro atoms. The minimum Gasteiger partial charge on any atom is -0.497 e. The lowest BCUT2D eigenvalue weighted by molar-refractivity contribution is -0.143. The first-order valence-corrected chi connectivity index (χ1v) is 17.4. The summed E-state index contributed by atoms with van der Waals surface area (Å²) in [4.78, 5) is 39.5. The van der Waals surface area contributed by atoms with Gasteiger partial charge in [-0.15, -0.1) is 0 Å². The smallest absolute Gasteiger partial charge is 0.312 e. The highest BCUT2D eigenvalue weighted by molar-refractivity contribution is 5.83. The van der Waals surface area contributed by atoms with Crippen molar-refractivity contribution >= 4 is 24.5 Å². The minimum absolute atomic E-state index is 0.0910. The van der Waals surface area contributed by atoms with Crippen molar-refractivity contribution in [2.45, 2.75) is 31.0 Å². The molecule has 5 rings (SSSR count). The van der Waals surface area contributed by atoms with Crippen molar-refractivity contribution in [2.24, 2.45) is 0 Å². The first-order chi connectivity index (χ1) is 26.4. The van der Waals surface area contributed by atoms with E-state index in [1.807, 2.05) is 103 Å². The summed E-state index contributed by atoms with van der Waals surface area (Å²) >= 11 is 0. The zero-order chi connectivity index (χ0) is 38.3. The predicted octanol–water partition coefficient (Wildman–Crippen LogP) is 6.92. The molecule has 0 fully saturated rings. The molecule has 10 nitrogen and oxygen atoms in total. The number of ether oxygens (including phenoxy) is 3. The molecule has 0 saturated heterocycles. The molecular formula is C44H42N2O8. The van der Waals surface area contributed by atoms with Crippen molar-refractivity contribution in [2.75, 3.05) is 32.2 Å². The SMILES string of the molecule is COc1ccc(C#Cc2ccc(NC=O)c(C(CN(C(C)c3cccc(OCCO)c3)C(c3ccccc3)C(OC=O)c3ccccc3)C(=O)O)c2)cc1. The molecule has 4 unspecified atom stereocenters. The van der Waals surface area contributed by atoms with Crippen molar-refractivity contribution in [1.82, 2.24) is 4.90 Å². The molecule has 5 aromatic rings. The first kappa shape index (κ1) is 38.8. The third kappa shape index (κ3) is 9.92. The standard InChI is InChI=1S/C44H42N2O8/c1-31(36-14-9-15-38(27-36)53-25-24-47)46(42(34-10-5-3-6-11-34)43(54-30-49)35-12-7-4-8-13-35)28-40(44(50)51)39-26-33(20-23-41(39)45-29-48)17-16-32-18-21-37(52-2)22-19-32/h3-15,18-23,26-27,29-31,40,42-43,47H,24-25,28H2,1-2H3,(H,45,48)(H,50,51). The molecule has 0 aliphatic carbocycles. The number of carbonyl (C=O) groups excluding carboxylic acids is 2. The van der Waals surface area contributed by atoms with Crippen LogP contribution in [0, 0.1) is 11.8 Å². The van der Waals surface area contributed by atoms with Gasteiger partial charge in [0.1, 0.15) is 24.2 Å². The molecule has 3 N–H and O–H groups in total. The fraction of sp³-hybridized carbons (Fsp3) is 0.205. The highest BCUT2D eigenvalue weighted by atomic mass is 16.5. The van der Waals surface area contributed by atoms with Crippen LogP contribution in [0.5, 0.6) is 11.5 Å². The fourth-order valence-electron chi connectivity index (χ4n) is 6.42. The van der Waals surface area contributed by atoms with Gasteiger partial charge in [0, 0.05) is 29.4 Å². The average Bonchev–Trinajstić information content (AvgIpc) is 3.21. The molecule has 1 amide bonds. The molecule has 0 bridgehead atoms. The van der Waals surface area contributed by atoms with Crippen LogP contribution >= 0.6 is 0 Å². The summed E-state index contributed by atoms with van der Waals surface area (Å²) < 4.78 is 16.9. The third-order valence-electron chi connectivity index (χ3n) is 9.09. The molecule has 54 heavy (non-hydrogen) atoms. The largest absolute Gasteiger partial charge is 0.497 e. The van der Waals surface area contributed by atoms with E-state index >= 15 is 0 Å². The van der Waals surface area contributed by atoms with Crippen LogP contribution in [0.15, 0.2) is 127 Å². The van der Waals surface area contributed by atoms with E-state index in [2.05, 4.69) is 17.2 Å². The Bertz CT molecular complexity index is 2040. The molecule has 5 aromatic carbocycles. The molecular weight excluding hydrogens is 684 g/mol. The molecule has 0 aromatic heterocycles. The third-order valence-corrected chi connectivity index (χ3v) is 9.09. The zero-order valence-corrected chi connectivity index (χ0v) is 30.0. The summed E-state index contributed by atoms with van der Waals surface area (Å²) in [5.41, 5.74) is 4.22.